The van der Waals surface area contributed by atoms with E-state index < -0.39 is 0 Å². The van der Waals surface area contributed by atoms with Crippen molar-refractivity contribution in [2.24, 2.45) is 4.99 Å². The van der Waals surface area contributed by atoms with Crippen molar-refractivity contribution in [3.8, 4) is 0 Å². The zero-order valence-corrected chi connectivity index (χ0v) is 11.5. The highest BCUT2D eigenvalue weighted by molar-refractivity contribution is 5.79. The molecule has 0 atom stereocenters. The lowest BCUT2D eigenvalue weighted by atomic mass is 9.94. The summed E-state index contributed by atoms with van der Waals surface area (Å²) in [6.07, 6.45) is 3.61. The zero-order chi connectivity index (χ0) is 13.3. The first kappa shape index (κ1) is 15.0. The van der Waals surface area contributed by atoms with E-state index >= 15 is 0 Å². The Bertz CT molecular complexity index is 273. The molecule has 0 bridgehead atoms. The average Bonchev–Trinajstić information content (AvgIpc) is 2.43. The molecule has 1 aliphatic rings. The van der Waals surface area contributed by atoms with E-state index in [1.165, 1.54) is 0 Å². The molecule has 2 N–H and O–H groups in total. The zero-order valence-electron chi connectivity index (χ0n) is 11.5. The van der Waals surface area contributed by atoms with Gasteiger partial charge in [0.25, 0.3) is 0 Å². The predicted octanol–water partition coefficient (Wildman–Crippen LogP) is 0.923. The second-order valence-corrected chi connectivity index (χ2v) is 4.36. The largest absolute Gasteiger partial charge is 0.381 e. The van der Waals surface area contributed by atoms with Crippen molar-refractivity contribution in [2.75, 3.05) is 40.0 Å². The highest BCUT2D eigenvalue weighted by Crippen LogP contribution is 2.24. The van der Waals surface area contributed by atoms with Crippen LogP contribution in [0.15, 0.2) is 17.6 Å². The van der Waals surface area contributed by atoms with E-state index in [9.17, 15) is 0 Å². The van der Waals surface area contributed by atoms with E-state index in [2.05, 4.69) is 22.2 Å². The number of hydrogen-bond donors (Lipinski definition) is 2. The molecule has 0 amide bonds. The lowest BCUT2D eigenvalue weighted by molar-refractivity contribution is -0.0828. The molecule has 0 unspecified atom stereocenters. The Morgan fingerprint density at radius 3 is 2.72 bits per heavy atom. The fourth-order valence-electron chi connectivity index (χ4n) is 1.90. The maximum absolute atomic E-state index is 5.65. The summed E-state index contributed by atoms with van der Waals surface area (Å²) < 4.78 is 11.0. The highest BCUT2D eigenvalue weighted by Gasteiger charge is 2.32. The lowest BCUT2D eigenvalue weighted by Gasteiger charge is -2.34. The van der Waals surface area contributed by atoms with Gasteiger partial charge >= 0.3 is 0 Å². The minimum atomic E-state index is -0.172. The van der Waals surface area contributed by atoms with Gasteiger partial charge < -0.3 is 20.1 Å². The van der Waals surface area contributed by atoms with Gasteiger partial charge in [-0.15, -0.1) is 6.58 Å². The van der Waals surface area contributed by atoms with Crippen molar-refractivity contribution in [2.45, 2.75) is 25.4 Å². The van der Waals surface area contributed by atoms with Gasteiger partial charge in [-0.2, -0.15) is 0 Å². The molecule has 0 aromatic rings. The summed E-state index contributed by atoms with van der Waals surface area (Å²) in [6, 6.07) is 0. The smallest absolute Gasteiger partial charge is 0.191 e. The van der Waals surface area contributed by atoms with Gasteiger partial charge in [-0.3, -0.25) is 4.99 Å². The predicted molar refractivity (Wildman–Crippen MR) is 74.0 cm³/mol. The molecule has 1 aliphatic heterocycles. The quantitative estimate of drug-likeness (QED) is 0.421. The van der Waals surface area contributed by atoms with Crippen LogP contribution in [0.4, 0.5) is 0 Å². The summed E-state index contributed by atoms with van der Waals surface area (Å²) in [4.78, 5) is 4.58. The Kier molecular flexibility index (Phi) is 6.75. The summed E-state index contributed by atoms with van der Waals surface area (Å²) in [7, 11) is 1.75. The summed E-state index contributed by atoms with van der Waals surface area (Å²) in [5.74, 6) is 0.806. The molecule has 18 heavy (non-hydrogen) atoms. The van der Waals surface area contributed by atoms with Gasteiger partial charge in [0, 0.05) is 46.3 Å². The molecule has 5 nitrogen and oxygen atoms in total. The third kappa shape index (κ3) is 4.66. The standard InChI is InChI=1S/C13H25N3O2/c1-4-8-15-12(14-5-2)16-11-13(17-3)6-9-18-10-7-13/h4H,1,5-11H2,2-3H3,(H2,14,15,16). The van der Waals surface area contributed by atoms with Crippen LogP contribution in [0.2, 0.25) is 0 Å². The van der Waals surface area contributed by atoms with E-state index in [4.69, 9.17) is 9.47 Å². The summed E-state index contributed by atoms with van der Waals surface area (Å²) >= 11 is 0. The van der Waals surface area contributed by atoms with Crippen LogP contribution in [0.3, 0.4) is 0 Å². The molecular formula is C13H25N3O2. The van der Waals surface area contributed by atoms with Crippen molar-refractivity contribution >= 4 is 5.96 Å². The van der Waals surface area contributed by atoms with Crippen LogP contribution >= 0.6 is 0 Å². The molecule has 0 spiro atoms. The number of nitrogens with one attached hydrogen (secondary N) is 2. The Hall–Kier alpha value is -1.07. The Labute approximate surface area is 110 Å². The normalized spacial score (nSPS) is 19.3. The number of ether oxygens (including phenoxy) is 2. The van der Waals surface area contributed by atoms with Crippen LogP contribution in [-0.2, 0) is 9.47 Å². The maximum Gasteiger partial charge on any atom is 0.191 e. The van der Waals surface area contributed by atoms with E-state index in [0.717, 1.165) is 38.6 Å². The van der Waals surface area contributed by atoms with Crippen LogP contribution in [-0.4, -0.2) is 51.5 Å². The first-order valence-corrected chi connectivity index (χ1v) is 6.52. The second kappa shape index (κ2) is 8.11. The molecule has 0 aliphatic carbocycles. The molecule has 1 fully saturated rings. The van der Waals surface area contributed by atoms with Gasteiger partial charge in [0.2, 0.25) is 0 Å². The topological polar surface area (TPSA) is 54.9 Å². The van der Waals surface area contributed by atoms with Crippen LogP contribution in [0.5, 0.6) is 0 Å². The Morgan fingerprint density at radius 1 is 1.44 bits per heavy atom. The maximum atomic E-state index is 5.65. The lowest BCUT2D eigenvalue weighted by Crippen LogP contribution is -2.43. The molecule has 1 saturated heterocycles. The van der Waals surface area contributed by atoms with Crippen molar-refractivity contribution in [1.29, 1.82) is 0 Å². The van der Waals surface area contributed by atoms with Crippen molar-refractivity contribution in [3.05, 3.63) is 12.7 Å². The first-order chi connectivity index (χ1) is 8.76. The van der Waals surface area contributed by atoms with Gasteiger partial charge in [0.05, 0.1) is 12.1 Å². The molecule has 1 heterocycles. The molecule has 104 valence electrons. The minimum Gasteiger partial charge on any atom is -0.381 e. The number of guanidine groups is 1. The van der Waals surface area contributed by atoms with Gasteiger partial charge in [-0.1, -0.05) is 6.08 Å². The number of hydrogen-bond acceptors (Lipinski definition) is 3. The number of aliphatic imine (C=N–C) groups is 1. The van der Waals surface area contributed by atoms with Crippen molar-refractivity contribution < 1.29 is 9.47 Å². The summed E-state index contributed by atoms with van der Waals surface area (Å²) in [5, 5.41) is 6.39. The molecule has 1 rings (SSSR count). The first-order valence-electron chi connectivity index (χ1n) is 6.52. The number of methoxy groups -OCH3 is 1. The molecule has 0 radical (unpaired) electrons. The van der Waals surface area contributed by atoms with Crippen molar-refractivity contribution in [1.82, 2.24) is 10.6 Å². The highest BCUT2D eigenvalue weighted by atomic mass is 16.5. The van der Waals surface area contributed by atoms with Gasteiger partial charge in [0.15, 0.2) is 5.96 Å². The average molecular weight is 255 g/mol. The van der Waals surface area contributed by atoms with Crippen LogP contribution < -0.4 is 10.6 Å². The SMILES string of the molecule is C=CCNC(=NCC1(OC)CCOCC1)NCC. The van der Waals surface area contributed by atoms with Gasteiger partial charge in [-0.25, -0.2) is 0 Å². The second-order valence-electron chi connectivity index (χ2n) is 4.36. The summed E-state index contributed by atoms with van der Waals surface area (Å²) in [5.41, 5.74) is -0.172. The molecular weight excluding hydrogens is 230 g/mol. The molecule has 0 aromatic carbocycles. The van der Waals surface area contributed by atoms with Crippen molar-refractivity contribution in [3.63, 3.8) is 0 Å². The third-order valence-corrected chi connectivity index (χ3v) is 3.12. The van der Waals surface area contributed by atoms with Crippen LogP contribution in [0.25, 0.3) is 0 Å². The number of rotatable bonds is 6. The fourth-order valence-corrected chi connectivity index (χ4v) is 1.90. The van der Waals surface area contributed by atoms with Gasteiger partial charge in [0.1, 0.15) is 0 Å². The Morgan fingerprint density at radius 2 is 2.17 bits per heavy atom. The van der Waals surface area contributed by atoms with Crippen LogP contribution in [0.1, 0.15) is 19.8 Å². The fraction of sp³-hybridized carbons (Fsp3) is 0.769. The number of nitrogens with zero attached hydrogens (tertiary/aromatic N) is 1. The minimum absolute atomic E-state index is 0.172. The summed E-state index contributed by atoms with van der Waals surface area (Å²) in [6.45, 7) is 9.43. The van der Waals surface area contributed by atoms with E-state index in [-0.39, 0.29) is 5.60 Å². The monoisotopic (exact) mass is 255 g/mol. The molecule has 0 saturated carbocycles. The van der Waals surface area contributed by atoms with Gasteiger partial charge in [-0.05, 0) is 6.92 Å². The van der Waals surface area contributed by atoms with Crippen LogP contribution in [0, 0.1) is 0 Å². The van der Waals surface area contributed by atoms with E-state index in [1.54, 1.807) is 7.11 Å². The Balaban J connectivity index is 2.57. The van der Waals surface area contributed by atoms with E-state index in [0.29, 0.717) is 13.1 Å². The third-order valence-electron chi connectivity index (χ3n) is 3.12. The molecule has 5 heteroatoms. The molecule has 0 aromatic heterocycles. The van der Waals surface area contributed by atoms with E-state index in [1.807, 2.05) is 13.0 Å².